The maximum absolute atomic E-state index is 9.52. The minimum Gasteiger partial charge on any atom is -0.360 e. The van der Waals surface area contributed by atoms with Gasteiger partial charge in [0.15, 0.2) is 5.11 Å². The van der Waals surface area contributed by atoms with Crippen LogP contribution in [-0.4, -0.2) is 11.2 Å². The van der Waals surface area contributed by atoms with Crippen LogP contribution in [0.1, 0.15) is 29.9 Å². The zero-order valence-electron chi connectivity index (χ0n) is 12.4. The van der Waals surface area contributed by atoms with Gasteiger partial charge in [0, 0.05) is 16.8 Å². The predicted molar refractivity (Wildman–Crippen MR) is 97.7 cm³/mol. The van der Waals surface area contributed by atoms with E-state index in [0.29, 0.717) is 16.2 Å². The normalized spacial score (nSPS) is 14.6. The van der Waals surface area contributed by atoms with E-state index in [1.807, 2.05) is 48.5 Å². The third kappa shape index (κ3) is 4.01. The van der Waals surface area contributed by atoms with Gasteiger partial charge in [0.2, 0.25) is 0 Å². The molecule has 0 aliphatic heterocycles. The van der Waals surface area contributed by atoms with Gasteiger partial charge in [-0.3, -0.25) is 0 Å². The molecule has 1 aliphatic rings. The van der Waals surface area contributed by atoms with Gasteiger partial charge in [-0.05, 0) is 48.3 Å². The van der Waals surface area contributed by atoms with Crippen molar-refractivity contribution in [3.8, 4) is 6.07 Å². The van der Waals surface area contributed by atoms with Crippen molar-refractivity contribution in [2.75, 3.05) is 5.32 Å². The van der Waals surface area contributed by atoms with E-state index in [1.54, 1.807) is 0 Å². The molecule has 2 aromatic carbocycles. The van der Waals surface area contributed by atoms with Crippen molar-refractivity contribution in [1.82, 2.24) is 5.32 Å². The Hall–Kier alpha value is -2.09. The summed E-state index contributed by atoms with van der Waals surface area (Å²) in [5.41, 5.74) is 2.55. The summed E-state index contributed by atoms with van der Waals surface area (Å²) in [6.07, 6.45) is 2.34. The van der Waals surface area contributed by atoms with E-state index < -0.39 is 0 Å². The smallest absolute Gasteiger partial charge is 0.170 e. The van der Waals surface area contributed by atoms with Crippen molar-refractivity contribution in [2.24, 2.45) is 0 Å². The molecule has 0 radical (unpaired) electrons. The monoisotopic (exact) mass is 341 g/mol. The molecule has 0 aromatic heterocycles. The molecule has 1 fully saturated rings. The van der Waals surface area contributed by atoms with E-state index in [-0.39, 0.29) is 5.92 Å². The fraction of sp³-hybridized carbons (Fsp3) is 0.222. The number of hydrogen-bond donors (Lipinski definition) is 2. The lowest BCUT2D eigenvalue weighted by Crippen LogP contribution is -2.30. The quantitative estimate of drug-likeness (QED) is 0.807. The number of benzene rings is 2. The Morgan fingerprint density at radius 2 is 1.96 bits per heavy atom. The number of thiocarbonyl (C=S) groups is 1. The van der Waals surface area contributed by atoms with Crippen molar-refractivity contribution in [1.29, 1.82) is 5.26 Å². The lowest BCUT2D eigenvalue weighted by atomic mass is 9.92. The average molecular weight is 342 g/mol. The van der Waals surface area contributed by atoms with Crippen LogP contribution in [0.15, 0.2) is 48.5 Å². The zero-order valence-corrected chi connectivity index (χ0v) is 14.0. The molecule has 116 valence electrons. The van der Waals surface area contributed by atoms with Crippen molar-refractivity contribution in [2.45, 2.75) is 24.8 Å². The molecule has 23 heavy (non-hydrogen) atoms. The SMILES string of the molecule is N#C[C@H](c1ccccc1)c1ccc(NC(=S)NC2CC2)cc1Cl. The van der Waals surface area contributed by atoms with Crippen LogP contribution >= 0.6 is 23.8 Å². The van der Waals surface area contributed by atoms with Gasteiger partial charge < -0.3 is 10.6 Å². The fourth-order valence-electron chi connectivity index (χ4n) is 2.39. The molecule has 1 saturated carbocycles. The van der Waals surface area contributed by atoms with Gasteiger partial charge in [-0.25, -0.2) is 0 Å². The number of halogens is 1. The second-order valence-corrected chi connectivity index (χ2v) is 6.40. The molecule has 0 bridgehead atoms. The van der Waals surface area contributed by atoms with Gasteiger partial charge >= 0.3 is 0 Å². The number of hydrogen-bond acceptors (Lipinski definition) is 2. The van der Waals surface area contributed by atoms with E-state index in [1.165, 1.54) is 12.8 Å². The van der Waals surface area contributed by atoms with E-state index in [4.69, 9.17) is 23.8 Å². The van der Waals surface area contributed by atoms with Crippen LogP contribution in [-0.2, 0) is 0 Å². The van der Waals surface area contributed by atoms with Gasteiger partial charge in [0.25, 0.3) is 0 Å². The molecule has 0 heterocycles. The summed E-state index contributed by atoms with van der Waals surface area (Å²) in [5, 5.41) is 17.0. The van der Waals surface area contributed by atoms with Gasteiger partial charge in [-0.2, -0.15) is 5.26 Å². The minimum atomic E-state index is -0.380. The molecule has 0 saturated heterocycles. The number of anilines is 1. The van der Waals surface area contributed by atoms with Crippen molar-refractivity contribution >= 4 is 34.6 Å². The highest BCUT2D eigenvalue weighted by atomic mass is 35.5. The summed E-state index contributed by atoms with van der Waals surface area (Å²) in [6, 6.07) is 18.1. The predicted octanol–water partition coefficient (Wildman–Crippen LogP) is 4.44. The first-order valence-electron chi connectivity index (χ1n) is 7.49. The second kappa shape index (κ2) is 6.99. The lowest BCUT2D eigenvalue weighted by molar-refractivity contribution is 0.919. The molecule has 5 heteroatoms. The zero-order chi connectivity index (χ0) is 16.2. The first-order chi connectivity index (χ1) is 11.2. The molecule has 3 rings (SSSR count). The summed E-state index contributed by atoms with van der Waals surface area (Å²) in [6.45, 7) is 0. The van der Waals surface area contributed by atoms with Crippen LogP contribution in [0.5, 0.6) is 0 Å². The molecule has 1 atom stereocenters. The largest absolute Gasteiger partial charge is 0.360 e. The van der Waals surface area contributed by atoms with Gasteiger partial charge in [-0.15, -0.1) is 0 Å². The molecule has 0 amide bonds. The Morgan fingerprint density at radius 3 is 2.57 bits per heavy atom. The van der Waals surface area contributed by atoms with Gasteiger partial charge in [0.05, 0.1) is 12.0 Å². The molecule has 2 N–H and O–H groups in total. The Kier molecular flexibility index (Phi) is 4.80. The molecule has 3 nitrogen and oxygen atoms in total. The van der Waals surface area contributed by atoms with Crippen molar-refractivity contribution in [3.63, 3.8) is 0 Å². The standard InChI is InChI=1S/C18H16ClN3S/c19-17-10-14(22-18(23)21-13-6-7-13)8-9-15(17)16(11-20)12-4-2-1-3-5-12/h1-5,8-10,13,16H,6-7H2,(H2,21,22,23)/t16-/m1/s1. The number of nitrogens with zero attached hydrogens (tertiary/aromatic N) is 1. The lowest BCUT2D eigenvalue weighted by Gasteiger charge is -2.14. The Morgan fingerprint density at radius 1 is 1.22 bits per heavy atom. The summed E-state index contributed by atoms with van der Waals surface area (Å²) in [4.78, 5) is 0. The molecular formula is C18H16ClN3S. The molecule has 2 aromatic rings. The summed E-state index contributed by atoms with van der Waals surface area (Å²) < 4.78 is 0. The second-order valence-electron chi connectivity index (χ2n) is 5.58. The summed E-state index contributed by atoms with van der Waals surface area (Å²) in [5.74, 6) is -0.380. The fourth-order valence-corrected chi connectivity index (χ4v) is 2.96. The van der Waals surface area contributed by atoms with Gasteiger partial charge in [0.1, 0.15) is 0 Å². The van der Waals surface area contributed by atoms with E-state index in [0.717, 1.165) is 16.8 Å². The van der Waals surface area contributed by atoms with Crippen LogP contribution in [0, 0.1) is 11.3 Å². The van der Waals surface area contributed by atoms with Crippen LogP contribution in [0.25, 0.3) is 0 Å². The number of nitrogens with one attached hydrogen (secondary N) is 2. The third-order valence-corrected chi connectivity index (χ3v) is 4.29. The third-order valence-electron chi connectivity index (χ3n) is 3.74. The molecular weight excluding hydrogens is 326 g/mol. The highest BCUT2D eigenvalue weighted by Gasteiger charge is 2.22. The number of rotatable bonds is 4. The van der Waals surface area contributed by atoms with E-state index in [2.05, 4.69) is 16.7 Å². The summed E-state index contributed by atoms with van der Waals surface area (Å²) >= 11 is 11.7. The Labute approximate surface area is 146 Å². The topological polar surface area (TPSA) is 47.9 Å². The minimum absolute atomic E-state index is 0.380. The van der Waals surface area contributed by atoms with Crippen molar-refractivity contribution in [3.05, 3.63) is 64.7 Å². The number of nitriles is 1. The molecule has 1 aliphatic carbocycles. The van der Waals surface area contributed by atoms with Gasteiger partial charge in [-0.1, -0.05) is 48.0 Å². The van der Waals surface area contributed by atoms with Crippen LogP contribution < -0.4 is 10.6 Å². The molecule has 0 unspecified atom stereocenters. The Bertz CT molecular complexity index is 751. The maximum atomic E-state index is 9.52. The van der Waals surface area contributed by atoms with Crippen LogP contribution in [0.3, 0.4) is 0 Å². The van der Waals surface area contributed by atoms with Crippen molar-refractivity contribution < 1.29 is 0 Å². The first-order valence-corrected chi connectivity index (χ1v) is 8.27. The first kappa shape index (κ1) is 15.8. The highest BCUT2D eigenvalue weighted by molar-refractivity contribution is 7.80. The van der Waals surface area contributed by atoms with Crippen LogP contribution in [0.2, 0.25) is 5.02 Å². The van der Waals surface area contributed by atoms with Crippen LogP contribution in [0.4, 0.5) is 5.69 Å². The molecule has 0 spiro atoms. The average Bonchev–Trinajstić information content (AvgIpc) is 3.35. The van der Waals surface area contributed by atoms with E-state index >= 15 is 0 Å². The maximum Gasteiger partial charge on any atom is 0.170 e. The summed E-state index contributed by atoms with van der Waals surface area (Å²) in [7, 11) is 0. The van der Waals surface area contributed by atoms with E-state index in [9.17, 15) is 5.26 Å². The Balaban J connectivity index is 1.78. The highest BCUT2D eigenvalue weighted by Crippen LogP contribution is 2.31.